The van der Waals surface area contributed by atoms with Gasteiger partial charge in [-0.15, -0.1) is 5.10 Å². The summed E-state index contributed by atoms with van der Waals surface area (Å²) in [5.41, 5.74) is 10.2. The predicted molar refractivity (Wildman–Crippen MR) is 133 cm³/mol. The van der Waals surface area contributed by atoms with Crippen LogP contribution in [0.5, 0.6) is 0 Å². The molecule has 3 N–H and O–H groups in total. The maximum Gasteiger partial charge on any atom is 0.327 e. The van der Waals surface area contributed by atoms with E-state index in [2.05, 4.69) is 57.2 Å². The molecule has 0 aliphatic heterocycles. The van der Waals surface area contributed by atoms with Gasteiger partial charge in [0, 0.05) is 19.0 Å². The molecule has 0 bridgehead atoms. The number of tetrazole rings is 1. The lowest BCUT2D eigenvalue weighted by Gasteiger charge is -2.28. The van der Waals surface area contributed by atoms with E-state index in [1.165, 1.54) is 4.68 Å². The lowest BCUT2D eigenvalue weighted by Crippen LogP contribution is -2.31. The summed E-state index contributed by atoms with van der Waals surface area (Å²) in [5.74, 6) is 0.0687. The molecule has 0 fully saturated rings. The third kappa shape index (κ3) is 6.17. The molecule has 8 nitrogen and oxygen atoms in total. The fourth-order valence-corrected chi connectivity index (χ4v) is 4.23. The Morgan fingerprint density at radius 3 is 2.26 bits per heavy atom. The van der Waals surface area contributed by atoms with Crippen molar-refractivity contribution in [2.75, 3.05) is 6.61 Å². The van der Waals surface area contributed by atoms with Crippen molar-refractivity contribution in [2.24, 2.45) is 5.73 Å². The highest BCUT2D eigenvalue weighted by atomic mass is 16.5. The number of benzene rings is 3. The number of esters is 1. The molecule has 8 heteroatoms. The van der Waals surface area contributed by atoms with Gasteiger partial charge in [-0.3, -0.25) is 4.79 Å². The van der Waals surface area contributed by atoms with Crippen LogP contribution in [0.3, 0.4) is 0 Å². The van der Waals surface area contributed by atoms with Crippen LogP contribution in [-0.4, -0.2) is 32.8 Å². The first-order valence-electron chi connectivity index (χ1n) is 11.7. The van der Waals surface area contributed by atoms with E-state index >= 15 is 0 Å². The number of nitrogens with one attached hydrogen (secondary N) is 1. The van der Waals surface area contributed by atoms with Gasteiger partial charge in [-0.25, -0.2) is 4.68 Å². The van der Waals surface area contributed by atoms with Gasteiger partial charge in [-0.2, -0.15) is 0 Å². The van der Waals surface area contributed by atoms with Gasteiger partial charge in [-0.1, -0.05) is 84.9 Å². The van der Waals surface area contributed by atoms with Crippen molar-refractivity contribution in [2.45, 2.75) is 38.5 Å². The van der Waals surface area contributed by atoms with Crippen LogP contribution in [0.25, 0.3) is 0 Å². The summed E-state index contributed by atoms with van der Waals surface area (Å²) in [6.07, 6.45) is 0. The quantitative estimate of drug-likeness (QED) is 0.324. The molecule has 0 aliphatic rings. The zero-order chi connectivity index (χ0) is 24.5. The molecular weight excluding hydrogens is 440 g/mol. The lowest BCUT2D eigenvalue weighted by molar-refractivity contribution is -0.144. The van der Waals surface area contributed by atoms with Gasteiger partial charge in [0.25, 0.3) is 0 Å². The third-order valence-corrected chi connectivity index (χ3v) is 5.83. The smallest absolute Gasteiger partial charge is 0.327 e. The summed E-state index contributed by atoms with van der Waals surface area (Å²) in [4.78, 5) is 12.3. The number of ether oxygens (including phenoxy) is 1. The van der Waals surface area contributed by atoms with Gasteiger partial charge in [-0.05, 0) is 39.6 Å². The second kappa shape index (κ2) is 12.0. The van der Waals surface area contributed by atoms with E-state index < -0.39 is 0 Å². The summed E-state index contributed by atoms with van der Waals surface area (Å²) < 4.78 is 6.67. The number of nitrogens with two attached hydrogens (primary N) is 1. The van der Waals surface area contributed by atoms with Crippen molar-refractivity contribution in [3.63, 3.8) is 0 Å². The van der Waals surface area contributed by atoms with Crippen LogP contribution in [0, 0.1) is 0 Å². The molecule has 3 aromatic carbocycles. The summed E-state index contributed by atoms with van der Waals surface area (Å²) in [6.45, 7) is 3.06. The molecule has 1 heterocycles. The van der Waals surface area contributed by atoms with Crippen LogP contribution in [-0.2, 0) is 29.2 Å². The van der Waals surface area contributed by atoms with E-state index in [1.54, 1.807) is 6.92 Å². The van der Waals surface area contributed by atoms with Crippen LogP contribution in [0.1, 0.15) is 47.0 Å². The maximum atomic E-state index is 12.3. The van der Waals surface area contributed by atoms with Crippen molar-refractivity contribution in [3.8, 4) is 0 Å². The summed E-state index contributed by atoms with van der Waals surface area (Å²) >= 11 is 0. The topological polar surface area (TPSA) is 108 Å². The minimum atomic E-state index is -0.383. The Labute approximate surface area is 205 Å². The molecule has 4 aromatic rings. The Balaban J connectivity index is 1.75. The van der Waals surface area contributed by atoms with Gasteiger partial charge in [0.05, 0.1) is 12.6 Å². The molecule has 0 radical (unpaired) electrons. The highest BCUT2D eigenvalue weighted by Gasteiger charge is 2.31. The van der Waals surface area contributed by atoms with Crippen molar-refractivity contribution < 1.29 is 9.53 Å². The molecule has 0 saturated heterocycles. The van der Waals surface area contributed by atoms with Crippen molar-refractivity contribution in [1.82, 2.24) is 25.5 Å². The highest BCUT2D eigenvalue weighted by molar-refractivity contribution is 5.69. The molecule has 1 atom stereocenters. The first kappa shape index (κ1) is 24.3. The van der Waals surface area contributed by atoms with Gasteiger partial charge >= 0.3 is 5.97 Å². The lowest BCUT2D eigenvalue weighted by atomic mass is 9.84. The zero-order valence-electron chi connectivity index (χ0n) is 19.7. The predicted octanol–water partition coefficient (Wildman–Crippen LogP) is 3.36. The van der Waals surface area contributed by atoms with E-state index in [9.17, 15) is 4.79 Å². The molecular formula is C27H30N6O2. The fraction of sp³-hybridized carbons (Fsp3) is 0.259. The second-order valence-electron chi connectivity index (χ2n) is 8.18. The SMILES string of the molecule is CCOC(=O)Cn1nnnc1C(NCc1cccc(CN)c1)C(c1ccccc1)c1ccccc1. The molecule has 0 spiro atoms. The van der Waals surface area contributed by atoms with Crippen molar-refractivity contribution in [1.29, 1.82) is 0 Å². The molecule has 0 saturated carbocycles. The van der Waals surface area contributed by atoms with Crippen molar-refractivity contribution in [3.05, 3.63) is 113 Å². The fourth-order valence-electron chi connectivity index (χ4n) is 4.23. The minimum Gasteiger partial charge on any atom is -0.465 e. The Hall–Kier alpha value is -3.88. The number of nitrogens with zero attached hydrogens (tertiary/aromatic N) is 4. The molecule has 180 valence electrons. The first-order valence-corrected chi connectivity index (χ1v) is 11.7. The Bertz CT molecular complexity index is 1170. The van der Waals surface area contributed by atoms with E-state index in [-0.39, 0.29) is 24.5 Å². The summed E-state index contributed by atoms with van der Waals surface area (Å²) in [6, 6.07) is 28.3. The van der Waals surface area contributed by atoms with E-state index in [1.807, 2.05) is 48.5 Å². The largest absolute Gasteiger partial charge is 0.465 e. The molecule has 1 unspecified atom stereocenters. The van der Waals surface area contributed by atoms with E-state index in [0.29, 0.717) is 25.5 Å². The second-order valence-corrected chi connectivity index (χ2v) is 8.18. The minimum absolute atomic E-state index is 0.0622. The standard InChI is InChI=1S/C27H30N6O2/c1-2-35-24(34)19-33-27(30-31-32-33)26(29-18-21-11-9-10-20(16-21)17-28)25(22-12-5-3-6-13-22)23-14-7-4-8-15-23/h3-16,25-26,29H,2,17-19,28H2,1H3. The van der Waals surface area contributed by atoms with Gasteiger partial charge in [0.15, 0.2) is 5.82 Å². The number of carbonyl (C=O) groups is 1. The molecule has 0 aliphatic carbocycles. The van der Waals surface area contributed by atoms with Gasteiger partial charge in [0.1, 0.15) is 6.54 Å². The Morgan fingerprint density at radius 2 is 1.63 bits per heavy atom. The molecule has 4 rings (SSSR count). The van der Waals surface area contributed by atoms with Crippen LogP contribution < -0.4 is 11.1 Å². The molecule has 0 amide bonds. The van der Waals surface area contributed by atoms with Crippen LogP contribution in [0.2, 0.25) is 0 Å². The average molecular weight is 471 g/mol. The van der Waals surface area contributed by atoms with Gasteiger partial charge < -0.3 is 15.8 Å². The van der Waals surface area contributed by atoms with E-state index in [4.69, 9.17) is 10.5 Å². The molecule has 1 aromatic heterocycles. The Morgan fingerprint density at radius 1 is 0.971 bits per heavy atom. The number of aromatic nitrogens is 4. The highest BCUT2D eigenvalue weighted by Crippen LogP contribution is 2.36. The normalized spacial score (nSPS) is 12.0. The van der Waals surface area contributed by atoms with Crippen LogP contribution >= 0.6 is 0 Å². The molecule has 35 heavy (non-hydrogen) atoms. The summed E-state index contributed by atoms with van der Waals surface area (Å²) in [5, 5.41) is 16.1. The van der Waals surface area contributed by atoms with Crippen LogP contribution in [0.4, 0.5) is 0 Å². The Kier molecular flexibility index (Phi) is 8.32. The summed E-state index contributed by atoms with van der Waals surface area (Å²) in [7, 11) is 0. The zero-order valence-corrected chi connectivity index (χ0v) is 19.7. The van der Waals surface area contributed by atoms with Crippen molar-refractivity contribution >= 4 is 5.97 Å². The first-order chi connectivity index (χ1) is 17.2. The average Bonchev–Trinajstić information content (AvgIpc) is 3.35. The number of carbonyl (C=O) groups excluding carboxylic acids is 1. The number of hydrogen-bond acceptors (Lipinski definition) is 7. The number of rotatable bonds is 11. The van der Waals surface area contributed by atoms with E-state index in [0.717, 1.165) is 22.3 Å². The monoisotopic (exact) mass is 470 g/mol. The maximum absolute atomic E-state index is 12.3. The van der Waals surface area contributed by atoms with Crippen LogP contribution in [0.15, 0.2) is 84.9 Å². The number of hydrogen-bond donors (Lipinski definition) is 2. The van der Waals surface area contributed by atoms with Gasteiger partial charge in [0.2, 0.25) is 0 Å². The third-order valence-electron chi connectivity index (χ3n) is 5.83.